The molecular formula is C22H42O4S. The van der Waals surface area contributed by atoms with Gasteiger partial charge < -0.3 is 9.47 Å². The monoisotopic (exact) mass is 402 g/mol. The molecule has 4 nitrogen and oxygen atoms in total. The number of unbranched alkanes of at least 4 members (excludes halogenated alkanes) is 2. The van der Waals surface area contributed by atoms with Gasteiger partial charge in [-0.15, -0.1) is 0 Å². The molecule has 0 bridgehead atoms. The fraction of sp³-hybridized carbons (Fsp3) is 0.909. The molecule has 0 amide bonds. The van der Waals surface area contributed by atoms with Crippen molar-refractivity contribution in [1.29, 1.82) is 0 Å². The van der Waals surface area contributed by atoms with Gasteiger partial charge in [0, 0.05) is 11.5 Å². The third kappa shape index (κ3) is 16.0. The second-order valence-electron chi connectivity index (χ2n) is 7.31. The molecule has 0 aromatic heterocycles. The summed E-state index contributed by atoms with van der Waals surface area (Å²) in [6, 6.07) is 0. The van der Waals surface area contributed by atoms with Crippen LogP contribution in [0.2, 0.25) is 0 Å². The Morgan fingerprint density at radius 2 is 1.15 bits per heavy atom. The van der Waals surface area contributed by atoms with Gasteiger partial charge in [0.2, 0.25) is 0 Å². The van der Waals surface area contributed by atoms with Crippen molar-refractivity contribution in [3.05, 3.63) is 0 Å². The lowest BCUT2D eigenvalue weighted by molar-refractivity contribution is -0.145. The first-order valence-electron chi connectivity index (χ1n) is 11.0. The van der Waals surface area contributed by atoms with Crippen molar-refractivity contribution in [1.82, 2.24) is 0 Å². The number of hydrogen-bond acceptors (Lipinski definition) is 5. The van der Waals surface area contributed by atoms with E-state index in [1.807, 2.05) is 0 Å². The van der Waals surface area contributed by atoms with Crippen LogP contribution in [0.25, 0.3) is 0 Å². The number of ether oxygens (including phenoxy) is 2. The summed E-state index contributed by atoms with van der Waals surface area (Å²) < 4.78 is 10.8. The van der Waals surface area contributed by atoms with Crippen molar-refractivity contribution < 1.29 is 19.1 Å². The quantitative estimate of drug-likeness (QED) is 0.207. The number of rotatable bonds is 18. The topological polar surface area (TPSA) is 52.6 Å². The van der Waals surface area contributed by atoms with Crippen molar-refractivity contribution >= 4 is 23.7 Å². The lowest BCUT2D eigenvalue weighted by Gasteiger charge is -2.15. The fourth-order valence-electron chi connectivity index (χ4n) is 2.78. The Bertz CT molecular complexity index is 339. The standard InChI is InChI=1S/C22H42O4S/c1-5-9-11-19(7-3)17-25-21(23)13-15-27-16-14-22(24)26-18-20(8-4)12-10-6-2/h19-20H,5-18H2,1-4H3/t19-,20+. The van der Waals surface area contributed by atoms with Gasteiger partial charge in [-0.3, -0.25) is 9.59 Å². The molecule has 0 aliphatic rings. The van der Waals surface area contributed by atoms with Crippen LogP contribution in [-0.2, 0) is 19.1 Å². The van der Waals surface area contributed by atoms with Crippen molar-refractivity contribution in [2.75, 3.05) is 24.7 Å². The predicted octanol–water partition coefficient (Wildman–Crippen LogP) is 6.02. The van der Waals surface area contributed by atoms with Gasteiger partial charge in [0.15, 0.2) is 0 Å². The van der Waals surface area contributed by atoms with Crippen LogP contribution in [0.5, 0.6) is 0 Å². The van der Waals surface area contributed by atoms with Gasteiger partial charge in [-0.1, -0.05) is 66.2 Å². The van der Waals surface area contributed by atoms with E-state index >= 15 is 0 Å². The number of carbonyl (C=O) groups is 2. The molecule has 2 atom stereocenters. The highest BCUT2D eigenvalue weighted by atomic mass is 32.2. The first kappa shape index (κ1) is 26.3. The van der Waals surface area contributed by atoms with Gasteiger partial charge in [0.1, 0.15) is 0 Å². The van der Waals surface area contributed by atoms with Gasteiger partial charge in [0.25, 0.3) is 0 Å². The second-order valence-corrected chi connectivity index (χ2v) is 8.54. The van der Waals surface area contributed by atoms with Crippen molar-refractivity contribution in [3.63, 3.8) is 0 Å². The van der Waals surface area contributed by atoms with E-state index in [0.29, 0.717) is 49.4 Å². The van der Waals surface area contributed by atoms with Crippen molar-refractivity contribution in [2.45, 2.75) is 91.9 Å². The molecule has 0 unspecified atom stereocenters. The average Bonchev–Trinajstić information content (AvgIpc) is 2.68. The van der Waals surface area contributed by atoms with Crippen LogP contribution in [0, 0.1) is 11.8 Å². The normalized spacial score (nSPS) is 13.2. The average molecular weight is 403 g/mol. The van der Waals surface area contributed by atoms with Crippen molar-refractivity contribution in [2.24, 2.45) is 11.8 Å². The largest absolute Gasteiger partial charge is 0.465 e. The predicted molar refractivity (Wildman–Crippen MR) is 115 cm³/mol. The highest BCUT2D eigenvalue weighted by Gasteiger charge is 2.11. The Hall–Kier alpha value is -0.710. The second kappa shape index (κ2) is 18.6. The van der Waals surface area contributed by atoms with E-state index in [4.69, 9.17) is 9.47 Å². The van der Waals surface area contributed by atoms with Gasteiger partial charge in [-0.05, 0) is 24.7 Å². The fourth-order valence-corrected chi connectivity index (χ4v) is 3.60. The van der Waals surface area contributed by atoms with E-state index < -0.39 is 0 Å². The molecule has 0 N–H and O–H groups in total. The van der Waals surface area contributed by atoms with Gasteiger partial charge in [-0.2, -0.15) is 11.8 Å². The Balaban J connectivity index is 3.68. The van der Waals surface area contributed by atoms with E-state index in [2.05, 4.69) is 27.7 Å². The maximum absolute atomic E-state index is 11.8. The number of carbonyl (C=O) groups excluding carboxylic acids is 2. The zero-order valence-corrected chi connectivity index (χ0v) is 18.9. The lowest BCUT2D eigenvalue weighted by atomic mass is 10.0. The van der Waals surface area contributed by atoms with Gasteiger partial charge in [0.05, 0.1) is 26.1 Å². The molecule has 0 spiro atoms. The molecule has 0 saturated carbocycles. The molecule has 0 aromatic carbocycles. The Morgan fingerprint density at radius 3 is 1.48 bits per heavy atom. The summed E-state index contributed by atoms with van der Waals surface area (Å²) in [5.41, 5.74) is 0. The van der Waals surface area contributed by atoms with E-state index in [1.54, 1.807) is 11.8 Å². The molecule has 0 aromatic rings. The molecule has 0 aliphatic carbocycles. The number of esters is 2. The highest BCUT2D eigenvalue weighted by molar-refractivity contribution is 7.99. The van der Waals surface area contributed by atoms with Crippen LogP contribution in [0.3, 0.4) is 0 Å². The Morgan fingerprint density at radius 1 is 0.741 bits per heavy atom. The zero-order chi connectivity index (χ0) is 20.3. The SMILES string of the molecule is CCCC[C@@H](CC)COC(=O)CCSCCC(=O)OC[C@@H](CC)CCCC. The lowest BCUT2D eigenvalue weighted by Crippen LogP contribution is -2.15. The Kier molecular flexibility index (Phi) is 18.2. The van der Waals surface area contributed by atoms with Gasteiger partial charge in [-0.25, -0.2) is 0 Å². The molecular weight excluding hydrogens is 360 g/mol. The minimum absolute atomic E-state index is 0.123. The molecule has 5 heteroatoms. The van der Waals surface area contributed by atoms with Crippen LogP contribution >= 0.6 is 11.8 Å². The molecule has 0 saturated heterocycles. The maximum atomic E-state index is 11.8. The smallest absolute Gasteiger partial charge is 0.306 e. The van der Waals surface area contributed by atoms with Crippen LogP contribution in [0.1, 0.15) is 91.9 Å². The summed E-state index contributed by atoms with van der Waals surface area (Å²) in [5.74, 6) is 2.13. The molecule has 0 rings (SSSR count). The zero-order valence-electron chi connectivity index (χ0n) is 18.1. The molecule has 0 heterocycles. The number of hydrogen-bond donors (Lipinski definition) is 0. The van der Waals surface area contributed by atoms with Crippen LogP contribution in [-0.4, -0.2) is 36.7 Å². The third-order valence-electron chi connectivity index (χ3n) is 4.95. The van der Waals surface area contributed by atoms with E-state index in [1.165, 1.54) is 25.7 Å². The molecule has 0 fully saturated rings. The van der Waals surface area contributed by atoms with Crippen molar-refractivity contribution in [3.8, 4) is 0 Å². The first-order valence-corrected chi connectivity index (χ1v) is 12.1. The minimum Gasteiger partial charge on any atom is -0.465 e. The number of thioether (sulfide) groups is 1. The molecule has 27 heavy (non-hydrogen) atoms. The highest BCUT2D eigenvalue weighted by Crippen LogP contribution is 2.15. The van der Waals surface area contributed by atoms with E-state index in [9.17, 15) is 9.59 Å². The van der Waals surface area contributed by atoms with E-state index in [0.717, 1.165) is 25.7 Å². The first-order chi connectivity index (χ1) is 13.1. The van der Waals surface area contributed by atoms with E-state index in [-0.39, 0.29) is 11.9 Å². The van der Waals surface area contributed by atoms with Crippen LogP contribution in [0.15, 0.2) is 0 Å². The molecule has 160 valence electrons. The Labute approximate surface area is 171 Å². The summed E-state index contributed by atoms with van der Waals surface area (Å²) in [5, 5.41) is 0. The summed E-state index contributed by atoms with van der Waals surface area (Å²) in [6.07, 6.45) is 9.96. The summed E-state index contributed by atoms with van der Waals surface area (Å²) >= 11 is 1.62. The third-order valence-corrected chi connectivity index (χ3v) is 5.93. The van der Waals surface area contributed by atoms with Crippen LogP contribution in [0.4, 0.5) is 0 Å². The summed E-state index contributed by atoms with van der Waals surface area (Å²) in [4.78, 5) is 23.6. The summed E-state index contributed by atoms with van der Waals surface area (Å²) in [6.45, 7) is 9.75. The minimum atomic E-state index is -0.123. The molecule has 0 aliphatic heterocycles. The summed E-state index contributed by atoms with van der Waals surface area (Å²) in [7, 11) is 0. The molecule has 0 radical (unpaired) electrons. The maximum Gasteiger partial charge on any atom is 0.306 e. The van der Waals surface area contributed by atoms with Crippen LogP contribution < -0.4 is 0 Å². The van der Waals surface area contributed by atoms with Gasteiger partial charge >= 0.3 is 11.9 Å².